The molecule has 0 fully saturated rings. The molecule has 0 saturated heterocycles. The van der Waals surface area contributed by atoms with E-state index in [9.17, 15) is 23.9 Å². The quantitative estimate of drug-likeness (QED) is 0.782. The topological polar surface area (TPSA) is 92.7 Å². The predicted molar refractivity (Wildman–Crippen MR) is 86.8 cm³/mol. The van der Waals surface area contributed by atoms with Crippen molar-refractivity contribution in [3.05, 3.63) is 71.0 Å². The smallest absolute Gasteiger partial charge is 0.337 e. The maximum Gasteiger partial charge on any atom is 0.337 e. The van der Waals surface area contributed by atoms with Crippen molar-refractivity contribution in [2.45, 2.75) is 12.5 Å². The van der Waals surface area contributed by atoms with Gasteiger partial charge in [0, 0.05) is 12.0 Å². The van der Waals surface area contributed by atoms with Crippen molar-refractivity contribution >= 4 is 17.8 Å². The number of hydrogen-bond donors (Lipinski definition) is 2. The summed E-state index contributed by atoms with van der Waals surface area (Å²) >= 11 is 0. The van der Waals surface area contributed by atoms with Gasteiger partial charge in [0.15, 0.2) is 0 Å². The fourth-order valence-corrected chi connectivity index (χ4v) is 2.25. The predicted octanol–water partition coefficient (Wildman–Crippen LogP) is 2.04. The molecule has 0 aliphatic rings. The highest BCUT2D eigenvalue weighted by Crippen LogP contribution is 2.10. The van der Waals surface area contributed by atoms with Crippen LogP contribution in [0.15, 0.2) is 48.5 Å². The van der Waals surface area contributed by atoms with Crippen LogP contribution in [0, 0.1) is 5.82 Å². The van der Waals surface area contributed by atoms with Crippen LogP contribution in [-0.2, 0) is 16.0 Å². The third-order valence-electron chi connectivity index (χ3n) is 3.48. The maximum atomic E-state index is 13.2. The van der Waals surface area contributed by atoms with Crippen molar-refractivity contribution < 1.29 is 28.6 Å². The Balaban J connectivity index is 2.15. The van der Waals surface area contributed by atoms with E-state index in [-0.39, 0.29) is 17.5 Å². The van der Waals surface area contributed by atoms with Crippen molar-refractivity contribution in [3.8, 4) is 0 Å². The molecule has 2 rings (SSSR count). The Morgan fingerprint density at radius 1 is 1.12 bits per heavy atom. The summed E-state index contributed by atoms with van der Waals surface area (Å²) in [5.41, 5.74) is 0.733. The van der Waals surface area contributed by atoms with Crippen molar-refractivity contribution in [2.75, 3.05) is 7.11 Å². The van der Waals surface area contributed by atoms with Crippen molar-refractivity contribution in [3.63, 3.8) is 0 Å². The summed E-state index contributed by atoms with van der Waals surface area (Å²) in [7, 11) is 1.22. The van der Waals surface area contributed by atoms with Crippen molar-refractivity contribution in [2.24, 2.45) is 0 Å². The monoisotopic (exact) mass is 345 g/mol. The van der Waals surface area contributed by atoms with E-state index in [0.717, 1.165) is 0 Å². The van der Waals surface area contributed by atoms with Crippen molar-refractivity contribution in [1.82, 2.24) is 5.32 Å². The number of carbonyl (C=O) groups excluding carboxylic acids is 2. The summed E-state index contributed by atoms with van der Waals surface area (Å²) in [6.07, 6.45) is -0.0739. The van der Waals surface area contributed by atoms with Crippen LogP contribution in [0.1, 0.15) is 26.3 Å². The number of rotatable bonds is 6. The van der Waals surface area contributed by atoms with Crippen molar-refractivity contribution in [1.29, 1.82) is 0 Å². The molecule has 0 radical (unpaired) electrons. The van der Waals surface area contributed by atoms with E-state index in [2.05, 4.69) is 10.1 Å². The second kappa shape index (κ2) is 8.05. The Kier molecular flexibility index (Phi) is 5.84. The number of aliphatic carboxylic acids is 1. The fraction of sp³-hybridized carbons (Fsp3) is 0.167. The Morgan fingerprint density at radius 3 is 2.44 bits per heavy atom. The van der Waals surface area contributed by atoms with Gasteiger partial charge in [0.1, 0.15) is 11.9 Å². The van der Waals surface area contributed by atoms with E-state index in [1.165, 1.54) is 49.6 Å². The molecule has 0 unspecified atom stereocenters. The number of ether oxygens (including phenoxy) is 1. The molecule has 0 saturated carbocycles. The van der Waals surface area contributed by atoms with Crippen LogP contribution < -0.4 is 5.32 Å². The molecule has 2 aromatic carbocycles. The summed E-state index contributed by atoms with van der Waals surface area (Å²) in [5.74, 6) is -3.00. The summed E-state index contributed by atoms with van der Waals surface area (Å²) in [6.45, 7) is 0. The second-order valence-electron chi connectivity index (χ2n) is 5.27. The number of amides is 1. The largest absolute Gasteiger partial charge is 0.480 e. The molecule has 0 aromatic heterocycles. The SMILES string of the molecule is COC(=O)c1cccc(C(=O)N[C@H](Cc2cccc(F)c2)C(=O)O)c1. The zero-order chi connectivity index (χ0) is 18.4. The lowest BCUT2D eigenvalue weighted by Gasteiger charge is -2.15. The molecule has 6 nitrogen and oxygen atoms in total. The molecule has 7 heteroatoms. The number of carboxylic acids is 1. The number of nitrogens with one attached hydrogen (secondary N) is 1. The Labute approximate surface area is 143 Å². The second-order valence-corrected chi connectivity index (χ2v) is 5.27. The van der Waals surface area contributed by atoms with Gasteiger partial charge >= 0.3 is 11.9 Å². The van der Waals surface area contributed by atoms with Crippen LogP contribution >= 0.6 is 0 Å². The molecule has 0 aliphatic heterocycles. The molecule has 25 heavy (non-hydrogen) atoms. The minimum atomic E-state index is -1.25. The van der Waals surface area contributed by atoms with Crippen LogP contribution in [0.4, 0.5) is 4.39 Å². The summed E-state index contributed by atoms with van der Waals surface area (Å²) < 4.78 is 17.8. The van der Waals surface area contributed by atoms with E-state index in [1.54, 1.807) is 6.07 Å². The van der Waals surface area contributed by atoms with E-state index >= 15 is 0 Å². The van der Waals surface area contributed by atoms with E-state index in [0.29, 0.717) is 5.56 Å². The molecule has 1 amide bonds. The normalized spacial score (nSPS) is 11.4. The zero-order valence-electron chi connectivity index (χ0n) is 13.4. The standard InChI is InChI=1S/C18H16FNO5/c1-25-18(24)13-6-3-5-12(10-13)16(21)20-15(17(22)23)9-11-4-2-7-14(19)8-11/h2-8,10,15H,9H2,1H3,(H,20,21)(H,22,23)/t15-/m1/s1. The molecule has 130 valence electrons. The Morgan fingerprint density at radius 2 is 1.80 bits per heavy atom. The lowest BCUT2D eigenvalue weighted by atomic mass is 10.0. The Bertz CT molecular complexity index is 806. The molecule has 2 N–H and O–H groups in total. The number of carboxylic acid groups (broad SMARTS) is 1. The fourth-order valence-electron chi connectivity index (χ4n) is 2.25. The summed E-state index contributed by atoms with van der Waals surface area (Å²) in [4.78, 5) is 35.2. The highest BCUT2D eigenvalue weighted by atomic mass is 19.1. The van der Waals surface area contributed by atoms with Gasteiger partial charge in [-0.1, -0.05) is 18.2 Å². The first-order valence-corrected chi connectivity index (χ1v) is 7.37. The lowest BCUT2D eigenvalue weighted by molar-refractivity contribution is -0.139. The highest BCUT2D eigenvalue weighted by molar-refractivity contribution is 5.99. The molecule has 0 heterocycles. The zero-order valence-corrected chi connectivity index (χ0v) is 13.4. The first-order chi connectivity index (χ1) is 11.9. The number of carbonyl (C=O) groups is 3. The molecule has 1 atom stereocenters. The third kappa shape index (κ3) is 4.87. The summed E-state index contributed by atoms with van der Waals surface area (Å²) in [6, 6.07) is 9.97. The van der Waals surface area contributed by atoms with Crippen LogP contribution in [0.5, 0.6) is 0 Å². The van der Waals surface area contributed by atoms with Gasteiger partial charge in [-0.25, -0.2) is 14.0 Å². The number of halogens is 1. The van der Waals surface area contributed by atoms with Gasteiger partial charge in [-0.05, 0) is 35.9 Å². The van der Waals surface area contributed by atoms with E-state index in [1.807, 2.05) is 0 Å². The number of benzene rings is 2. The van der Waals surface area contributed by atoms with Crippen LogP contribution in [0.3, 0.4) is 0 Å². The first kappa shape index (κ1) is 18.1. The van der Waals surface area contributed by atoms with Gasteiger partial charge in [-0.3, -0.25) is 4.79 Å². The Hall–Kier alpha value is -3.22. The summed E-state index contributed by atoms with van der Waals surface area (Å²) in [5, 5.41) is 11.7. The molecular formula is C18H16FNO5. The van der Waals surface area contributed by atoms with E-state index < -0.39 is 29.7 Å². The van der Waals surface area contributed by atoms with Crippen LogP contribution in [0.2, 0.25) is 0 Å². The van der Waals surface area contributed by atoms with Gasteiger partial charge in [-0.2, -0.15) is 0 Å². The van der Waals surface area contributed by atoms with Gasteiger partial charge < -0.3 is 15.2 Å². The lowest BCUT2D eigenvalue weighted by Crippen LogP contribution is -2.42. The maximum absolute atomic E-state index is 13.2. The van der Waals surface area contributed by atoms with Gasteiger partial charge in [0.25, 0.3) is 5.91 Å². The van der Waals surface area contributed by atoms with Crippen LogP contribution in [-0.4, -0.2) is 36.1 Å². The van der Waals surface area contributed by atoms with Gasteiger partial charge in [0.05, 0.1) is 12.7 Å². The highest BCUT2D eigenvalue weighted by Gasteiger charge is 2.22. The van der Waals surface area contributed by atoms with Crippen LogP contribution in [0.25, 0.3) is 0 Å². The molecule has 0 spiro atoms. The minimum Gasteiger partial charge on any atom is -0.480 e. The molecular weight excluding hydrogens is 329 g/mol. The molecule has 2 aromatic rings. The minimum absolute atomic E-state index is 0.0739. The average Bonchev–Trinajstić information content (AvgIpc) is 2.60. The number of esters is 1. The van der Waals surface area contributed by atoms with Gasteiger partial charge in [0.2, 0.25) is 0 Å². The number of methoxy groups -OCH3 is 1. The molecule has 0 bridgehead atoms. The third-order valence-corrected chi connectivity index (χ3v) is 3.48. The molecule has 0 aliphatic carbocycles. The number of hydrogen-bond acceptors (Lipinski definition) is 4. The van der Waals surface area contributed by atoms with E-state index in [4.69, 9.17) is 0 Å². The first-order valence-electron chi connectivity index (χ1n) is 7.37. The van der Waals surface area contributed by atoms with Gasteiger partial charge in [-0.15, -0.1) is 0 Å². The average molecular weight is 345 g/mol.